The molecule has 3 heteroatoms. The molecule has 0 N–H and O–H groups in total. The maximum atomic E-state index is 12.9. The van der Waals surface area contributed by atoms with Crippen LogP contribution in [-0.4, -0.2) is 6.61 Å². The molecule has 114 valence electrons. The number of hydrogen-bond donors (Lipinski definition) is 0. The first-order valence-electron chi connectivity index (χ1n) is 7.59. The van der Waals surface area contributed by atoms with Gasteiger partial charge in [0.05, 0.1) is 18.6 Å². The fraction of sp³-hybridized carbons (Fsp3) is 0.316. The van der Waals surface area contributed by atoms with Crippen LogP contribution in [0.3, 0.4) is 0 Å². The zero-order valence-electron chi connectivity index (χ0n) is 12.8. The van der Waals surface area contributed by atoms with Gasteiger partial charge < -0.3 is 4.74 Å². The van der Waals surface area contributed by atoms with Gasteiger partial charge in [-0.3, -0.25) is 0 Å². The Kier molecular flexibility index (Phi) is 5.97. The molecule has 0 saturated heterocycles. The molecule has 0 radical (unpaired) electrons. The van der Waals surface area contributed by atoms with Crippen molar-refractivity contribution in [2.24, 2.45) is 0 Å². The average molecular weight is 297 g/mol. The van der Waals surface area contributed by atoms with Gasteiger partial charge in [0.15, 0.2) is 0 Å². The first kappa shape index (κ1) is 16.0. The highest BCUT2D eigenvalue weighted by molar-refractivity contribution is 5.28. The Bertz CT molecular complexity index is 631. The molecular weight excluding hydrogens is 277 g/mol. The van der Waals surface area contributed by atoms with Crippen LogP contribution in [0.15, 0.2) is 48.5 Å². The Balaban J connectivity index is 1.81. The number of ether oxygens (including phenoxy) is 1. The van der Waals surface area contributed by atoms with Crippen LogP contribution in [0.5, 0.6) is 5.75 Å². The highest BCUT2D eigenvalue weighted by Gasteiger charge is 2.10. The second kappa shape index (κ2) is 8.19. The number of rotatable bonds is 7. The van der Waals surface area contributed by atoms with E-state index >= 15 is 0 Å². The molecular formula is C19H20FNO. The van der Waals surface area contributed by atoms with Gasteiger partial charge in [-0.2, -0.15) is 5.26 Å². The van der Waals surface area contributed by atoms with E-state index in [9.17, 15) is 9.65 Å². The molecule has 1 unspecified atom stereocenters. The number of halogens is 1. The normalized spacial score (nSPS) is 11.7. The van der Waals surface area contributed by atoms with Crippen molar-refractivity contribution in [1.29, 1.82) is 5.26 Å². The lowest BCUT2D eigenvalue weighted by Gasteiger charge is -2.11. The molecule has 2 rings (SSSR count). The van der Waals surface area contributed by atoms with Gasteiger partial charge in [-0.25, -0.2) is 4.39 Å². The predicted octanol–water partition coefficient (Wildman–Crippen LogP) is 4.85. The van der Waals surface area contributed by atoms with Crippen molar-refractivity contribution in [3.63, 3.8) is 0 Å². The molecule has 0 spiro atoms. The third-order valence-electron chi connectivity index (χ3n) is 3.64. The monoisotopic (exact) mass is 297 g/mol. The molecule has 0 amide bonds. The smallest absolute Gasteiger partial charge is 0.123 e. The van der Waals surface area contributed by atoms with Crippen LogP contribution in [0.2, 0.25) is 0 Å². The summed E-state index contributed by atoms with van der Waals surface area (Å²) in [6, 6.07) is 16.5. The van der Waals surface area contributed by atoms with Gasteiger partial charge in [0.25, 0.3) is 0 Å². The third kappa shape index (κ3) is 4.60. The van der Waals surface area contributed by atoms with Gasteiger partial charge >= 0.3 is 0 Å². The summed E-state index contributed by atoms with van der Waals surface area (Å²) in [7, 11) is 0. The highest BCUT2D eigenvalue weighted by Crippen LogP contribution is 2.21. The summed E-state index contributed by atoms with van der Waals surface area (Å²) in [5.41, 5.74) is 2.11. The van der Waals surface area contributed by atoms with E-state index in [0.717, 1.165) is 24.2 Å². The summed E-state index contributed by atoms with van der Waals surface area (Å²) in [4.78, 5) is 0. The largest absolute Gasteiger partial charge is 0.494 e. The Labute approximate surface area is 131 Å². The fourth-order valence-electron chi connectivity index (χ4n) is 2.33. The number of benzene rings is 2. The van der Waals surface area contributed by atoms with Crippen molar-refractivity contribution in [3.05, 3.63) is 65.5 Å². The first-order chi connectivity index (χ1) is 10.7. The van der Waals surface area contributed by atoms with Crippen LogP contribution in [0.1, 0.15) is 36.8 Å². The summed E-state index contributed by atoms with van der Waals surface area (Å²) in [6.07, 6.45) is 2.47. The molecule has 0 aliphatic heterocycles. The zero-order chi connectivity index (χ0) is 15.8. The minimum absolute atomic E-state index is 0.217. The molecule has 0 aliphatic rings. The first-order valence-corrected chi connectivity index (χ1v) is 7.59. The summed E-state index contributed by atoms with van der Waals surface area (Å²) >= 11 is 0. The molecule has 0 aromatic heterocycles. The zero-order valence-corrected chi connectivity index (χ0v) is 12.8. The number of aryl methyl sites for hydroxylation is 1. The van der Waals surface area contributed by atoms with Crippen LogP contribution in [0.4, 0.5) is 4.39 Å². The average Bonchev–Trinajstić information content (AvgIpc) is 2.56. The van der Waals surface area contributed by atoms with Crippen molar-refractivity contribution >= 4 is 0 Å². The molecule has 0 aliphatic carbocycles. The molecule has 1 atom stereocenters. The molecule has 0 fully saturated rings. The third-order valence-corrected chi connectivity index (χ3v) is 3.64. The molecule has 0 saturated carbocycles. The quantitative estimate of drug-likeness (QED) is 0.684. The van der Waals surface area contributed by atoms with Crippen molar-refractivity contribution in [2.75, 3.05) is 6.61 Å². The minimum Gasteiger partial charge on any atom is -0.494 e. The van der Waals surface area contributed by atoms with E-state index in [2.05, 4.69) is 19.1 Å². The van der Waals surface area contributed by atoms with Gasteiger partial charge in [0.2, 0.25) is 0 Å². The van der Waals surface area contributed by atoms with Gasteiger partial charge in [-0.1, -0.05) is 31.2 Å². The number of nitrogens with zero attached hydrogens (tertiary/aromatic N) is 1. The summed E-state index contributed by atoms with van der Waals surface area (Å²) < 4.78 is 18.6. The molecule has 2 nitrogen and oxygen atoms in total. The van der Waals surface area contributed by atoms with E-state index in [1.54, 1.807) is 12.1 Å². The van der Waals surface area contributed by atoms with Gasteiger partial charge in [-0.05, 0) is 54.7 Å². The van der Waals surface area contributed by atoms with Gasteiger partial charge in [-0.15, -0.1) is 0 Å². The van der Waals surface area contributed by atoms with Crippen molar-refractivity contribution in [2.45, 2.75) is 32.1 Å². The Morgan fingerprint density at radius 1 is 1.18 bits per heavy atom. The number of hydrogen-bond acceptors (Lipinski definition) is 2. The SMILES string of the molecule is CCc1cccc(OCCCC(C#N)c2ccc(F)cc2)c1. The molecule has 0 bridgehead atoms. The van der Waals surface area contributed by atoms with Crippen LogP contribution in [0, 0.1) is 17.1 Å². The number of nitriles is 1. The standard InChI is InChI=1S/C19H20FNO/c1-2-15-5-3-7-19(13-15)22-12-4-6-17(14-21)16-8-10-18(20)11-9-16/h3,5,7-11,13,17H,2,4,6,12H2,1H3. The molecule has 0 heterocycles. The van der Waals surface area contributed by atoms with E-state index in [-0.39, 0.29) is 11.7 Å². The molecule has 22 heavy (non-hydrogen) atoms. The minimum atomic E-state index is -0.278. The maximum absolute atomic E-state index is 12.9. The Morgan fingerprint density at radius 2 is 1.95 bits per heavy atom. The van der Waals surface area contributed by atoms with E-state index < -0.39 is 0 Å². The van der Waals surface area contributed by atoms with Crippen LogP contribution >= 0.6 is 0 Å². The second-order valence-corrected chi connectivity index (χ2v) is 5.22. The predicted molar refractivity (Wildman–Crippen MR) is 85.3 cm³/mol. The molecule has 2 aromatic rings. The maximum Gasteiger partial charge on any atom is 0.123 e. The topological polar surface area (TPSA) is 33.0 Å². The van der Waals surface area contributed by atoms with Crippen LogP contribution in [-0.2, 0) is 6.42 Å². The lowest BCUT2D eigenvalue weighted by Crippen LogP contribution is -2.02. The van der Waals surface area contributed by atoms with Crippen LogP contribution < -0.4 is 4.74 Å². The summed E-state index contributed by atoms with van der Waals surface area (Å²) in [5.74, 6) is 0.375. The Morgan fingerprint density at radius 3 is 2.64 bits per heavy atom. The van der Waals surface area contributed by atoms with E-state index in [1.807, 2.05) is 18.2 Å². The lowest BCUT2D eigenvalue weighted by atomic mass is 9.96. The van der Waals surface area contributed by atoms with E-state index in [0.29, 0.717) is 13.0 Å². The fourth-order valence-corrected chi connectivity index (χ4v) is 2.33. The summed E-state index contributed by atoms with van der Waals surface area (Å²) in [6.45, 7) is 2.69. The van der Waals surface area contributed by atoms with Crippen molar-refractivity contribution < 1.29 is 9.13 Å². The van der Waals surface area contributed by atoms with E-state index in [1.165, 1.54) is 17.7 Å². The van der Waals surface area contributed by atoms with Crippen molar-refractivity contribution in [3.8, 4) is 11.8 Å². The summed E-state index contributed by atoms with van der Waals surface area (Å²) in [5, 5.41) is 9.25. The van der Waals surface area contributed by atoms with Gasteiger partial charge in [0, 0.05) is 0 Å². The second-order valence-electron chi connectivity index (χ2n) is 5.22. The lowest BCUT2D eigenvalue weighted by molar-refractivity contribution is 0.304. The Hall–Kier alpha value is -2.34. The molecule has 2 aromatic carbocycles. The van der Waals surface area contributed by atoms with Crippen molar-refractivity contribution in [1.82, 2.24) is 0 Å². The highest BCUT2D eigenvalue weighted by atomic mass is 19.1. The van der Waals surface area contributed by atoms with Gasteiger partial charge in [0.1, 0.15) is 11.6 Å². The van der Waals surface area contributed by atoms with Crippen LogP contribution in [0.25, 0.3) is 0 Å². The van der Waals surface area contributed by atoms with E-state index in [4.69, 9.17) is 4.74 Å².